The van der Waals surface area contributed by atoms with Gasteiger partial charge in [0.1, 0.15) is 11.5 Å². The van der Waals surface area contributed by atoms with Crippen molar-refractivity contribution in [3.63, 3.8) is 0 Å². The van der Waals surface area contributed by atoms with Crippen LogP contribution in [0.2, 0.25) is 0 Å². The van der Waals surface area contributed by atoms with Gasteiger partial charge in [0.05, 0.1) is 13.2 Å². The summed E-state index contributed by atoms with van der Waals surface area (Å²) in [6.45, 7) is 2.49. The Labute approximate surface area is 94.5 Å². The Morgan fingerprint density at radius 3 is 1.62 bits per heavy atom. The molecule has 0 fully saturated rings. The van der Waals surface area contributed by atoms with Gasteiger partial charge in [0, 0.05) is 48.2 Å². The van der Waals surface area contributed by atoms with Gasteiger partial charge in [-0.2, -0.15) is 0 Å². The van der Waals surface area contributed by atoms with Crippen molar-refractivity contribution in [3.05, 3.63) is 22.3 Å². The van der Waals surface area contributed by atoms with Crippen LogP contribution in [0.15, 0.2) is 0 Å². The summed E-state index contributed by atoms with van der Waals surface area (Å²) >= 11 is 0. The summed E-state index contributed by atoms with van der Waals surface area (Å²) in [7, 11) is 0. The average molecular weight is 220 g/mol. The van der Waals surface area contributed by atoms with Crippen LogP contribution in [0.4, 0.5) is 0 Å². The van der Waals surface area contributed by atoms with E-state index in [1.165, 1.54) is 11.1 Å². The second-order valence-corrected chi connectivity index (χ2v) is 4.18. The lowest BCUT2D eigenvalue weighted by Gasteiger charge is -2.15. The maximum absolute atomic E-state index is 5.82. The number of benzene rings is 1. The predicted octanol–water partition coefficient (Wildman–Crippen LogP) is 0.474. The third-order valence-corrected chi connectivity index (χ3v) is 3.43. The van der Waals surface area contributed by atoms with Gasteiger partial charge in [-0.1, -0.05) is 0 Å². The van der Waals surface area contributed by atoms with Crippen molar-refractivity contribution in [2.45, 2.75) is 25.9 Å². The van der Waals surface area contributed by atoms with Crippen LogP contribution >= 0.6 is 0 Å². The van der Waals surface area contributed by atoms with Gasteiger partial charge >= 0.3 is 0 Å². The molecule has 0 bridgehead atoms. The highest BCUT2D eigenvalue weighted by Crippen LogP contribution is 2.43. The highest BCUT2D eigenvalue weighted by Gasteiger charge is 2.29. The van der Waals surface area contributed by atoms with Crippen LogP contribution in [0, 0.1) is 0 Å². The number of fused-ring (bicyclic) bond motifs is 2. The van der Waals surface area contributed by atoms with Gasteiger partial charge in [0.2, 0.25) is 0 Å². The summed E-state index contributed by atoms with van der Waals surface area (Å²) in [5.74, 6) is 1.96. The second-order valence-electron chi connectivity index (χ2n) is 4.18. The summed E-state index contributed by atoms with van der Waals surface area (Å²) in [6.07, 6.45) is 1.84. The van der Waals surface area contributed by atoms with E-state index in [1.807, 2.05) is 0 Å². The summed E-state index contributed by atoms with van der Waals surface area (Å²) in [5, 5.41) is 0. The first kappa shape index (κ1) is 9.93. The van der Waals surface area contributed by atoms with Crippen molar-refractivity contribution in [2.75, 3.05) is 13.2 Å². The Morgan fingerprint density at radius 1 is 0.812 bits per heavy atom. The van der Waals surface area contributed by atoms with Crippen molar-refractivity contribution in [2.24, 2.45) is 11.5 Å². The van der Waals surface area contributed by atoms with E-state index in [2.05, 4.69) is 0 Å². The minimum atomic E-state index is 0.513. The molecule has 0 amide bonds. The Kier molecular flexibility index (Phi) is 2.26. The highest BCUT2D eigenvalue weighted by molar-refractivity contribution is 5.61. The Hall–Kier alpha value is -1.26. The van der Waals surface area contributed by atoms with Gasteiger partial charge in [0.15, 0.2) is 0 Å². The molecular weight excluding hydrogens is 204 g/mol. The molecule has 0 aliphatic carbocycles. The zero-order valence-corrected chi connectivity index (χ0v) is 9.21. The third kappa shape index (κ3) is 1.17. The van der Waals surface area contributed by atoms with Crippen molar-refractivity contribution in [1.29, 1.82) is 0 Å². The molecule has 0 saturated carbocycles. The molecule has 16 heavy (non-hydrogen) atoms. The molecule has 2 heterocycles. The molecule has 1 aromatic rings. The lowest BCUT2D eigenvalue weighted by Crippen LogP contribution is -2.07. The van der Waals surface area contributed by atoms with Crippen LogP contribution in [-0.4, -0.2) is 13.2 Å². The van der Waals surface area contributed by atoms with Crippen LogP contribution in [-0.2, 0) is 25.9 Å². The van der Waals surface area contributed by atoms with E-state index in [1.54, 1.807) is 0 Å². The molecule has 0 aromatic heterocycles. The Balaban J connectivity index is 2.29. The van der Waals surface area contributed by atoms with E-state index in [4.69, 9.17) is 20.9 Å². The average Bonchev–Trinajstić information content (AvgIpc) is 2.93. The number of ether oxygens (including phenoxy) is 2. The Morgan fingerprint density at radius 2 is 1.25 bits per heavy atom. The van der Waals surface area contributed by atoms with E-state index in [-0.39, 0.29) is 0 Å². The highest BCUT2D eigenvalue weighted by atomic mass is 16.5. The van der Waals surface area contributed by atoms with Crippen LogP contribution in [0.5, 0.6) is 11.5 Å². The molecule has 3 rings (SSSR count). The molecule has 1 aromatic carbocycles. The number of nitrogens with two attached hydrogens (primary N) is 2. The van der Waals surface area contributed by atoms with Gasteiger partial charge in [-0.05, 0) is 0 Å². The minimum Gasteiger partial charge on any atom is -0.493 e. The number of hydrogen-bond acceptors (Lipinski definition) is 4. The second kappa shape index (κ2) is 3.64. The molecule has 0 unspecified atom stereocenters. The summed E-state index contributed by atoms with van der Waals surface area (Å²) in [6, 6.07) is 0. The molecule has 4 nitrogen and oxygen atoms in total. The maximum atomic E-state index is 5.82. The van der Waals surface area contributed by atoms with Crippen LogP contribution in [0.25, 0.3) is 0 Å². The molecule has 2 aliphatic rings. The van der Waals surface area contributed by atoms with Crippen LogP contribution in [0.1, 0.15) is 22.3 Å². The first-order valence-corrected chi connectivity index (χ1v) is 5.72. The molecule has 0 spiro atoms. The van der Waals surface area contributed by atoms with Gasteiger partial charge in [-0.3, -0.25) is 0 Å². The molecule has 2 aliphatic heterocycles. The molecule has 0 radical (unpaired) electrons. The molecule has 0 saturated heterocycles. The lowest BCUT2D eigenvalue weighted by molar-refractivity contribution is 0.352. The Bertz CT molecular complexity index is 369. The third-order valence-electron chi connectivity index (χ3n) is 3.43. The molecule has 0 atom stereocenters. The minimum absolute atomic E-state index is 0.513. The zero-order valence-electron chi connectivity index (χ0n) is 9.21. The summed E-state index contributed by atoms with van der Waals surface area (Å²) in [5.41, 5.74) is 16.3. The van der Waals surface area contributed by atoms with E-state index >= 15 is 0 Å². The van der Waals surface area contributed by atoms with E-state index in [9.17, 15) is 0 Å². The number of hydrogen-bond donors (Lipinski definition) is 2. The number of rotatable bonds is 2. The van der Waals surface area contributed by atoms with E-state index in [0.717, 1.165) is 48.7 Å². The van der Waals surface area contributed by atoms with E-state index in [0.29, 0.717) is 13.1 Å². The molecule has 86 valence electrons. The fourth-order valence-electron chi connectivity index (χ4n) is 2.73. The van der Waals surface area contributed by atoms with Crippen LogP contribution in [0.3, 0.4) is 0 Å². The summed E-state index contributed by atoms with van der Waals surface area (Å²) in [4.78, 5) is 0. The van der Waals surface area contributed by atoms with Crippen LogP contribution < -0.4 is 20.9 Å². The first-order chi connectivity index (χ1) is 7.86. The smallest absolute Gasteiger partial charge is 0.127 e. The summed E-state index contributed by atoms with van der Waals surface area (Å²) < 4.78 is 11.4. The predicted molar refractivity (Wildman–Crippen MR) is 60.6 cm³/mol. The maximum Gasteiger partial charge on any atom is 0.127 e. The monoisotopic (exact) mass is 220 g/mol. The van der Waals surface area contributed by atoms with Crippen molar-refractivity contribution < 1.29 is 9.47 Å². The quantitative estimate of drug-likeness (QED) is 0.760. The SMILES string of the molecule is NCc1c2c(c(CN)c3c1OCC3)OCC2. The standard InChI is InChI=1S/C12H16N2O2/c13-5-9-7-1-3-15-11(7)10(6-14)8-2-4-16-12(8)9/h1-6,13-14H2. The van der Waals surface area contributed by atoms with Gasteiger partial charge in [-0.15, -0.1) is 0 Å². The molecular formula is C12H16N2O2. The lowest BCUT2D eigenvalue weighted by atomic mass is 9.94. The molecule has 4 N–H and O–H groups in total. The molecule has 4 heteroatoms. The van der Waals surface area contributed by atoms with Crippen molar-refractivity contribution in [1.82, 2.24) is 0 Å². The first-order valence-electron chi connectivity index (χ1n) is 5.72. The fraction of sp³-hybridized carbons (Fsp3) is 0.500. The van der Waals surface area contributed by atoms with Crippen molar-refractivity contribution >= 4 is 0 Å². The van der Waals surface area contributed by atoms with Gasteiger partial charge in [0.25, 0.3) is 0 Å². The largest absolute Gasteiger partial charge is 0.493 e. The van der Waals surface area contributed by atoms with Gasteiger partial charge < -0.3 is 20.9 Å². The topological polar surface area (TPSA) is 70.5 Å². The van der Waals surface area contributed by atoms with Gasteiger partial charge in [-0.25, -0.2) is 0 Å². The van der Waals surface area contributed by atoms with Crippen molar-refractivity contribution in [3.8, 4) is 11.5 Å². The normalized spacial score (nSPS) is 16.6. The fourth-order valence-corrected chi connectivity index (χ4v) is 2.73. The zero-order chi connectivity index (χ0) is 11.1. The van der Waals surface area contributed by atoms with E-state index < -0.39 is 0 Å².